The molecule has 2 aromatic rings. The molecule has 74 valence electrons. The Morgan fingerprint density at radius 3 is 3.14 bits per heavy atom. The lowest BCUT2D eigenvalue weighted by molar-refractivity contribution is 1.06. The normalized spacial score (nSPS) is 10.9. The molecule has 14 heavy (non-hydrogen) atoms. The van der Waals surface area contributed by atoms with Crippen LogP contribution in [0.15, 0.2) is 16.3 Å². The van der Waals surface area contributed by atoms with Gasteiger partial charge in [0, 0.05) is 12.3 Å². The summed E-state index contributed by atoms with van der Waals surface area (Å²) >= 11 is 1.47. The summed E-state index contributed by atoms with van der Waals surface area (Å²) in [7, 11) is 0. The molecular weight excluding hydrogens is 202 g/mol. The minimum Gasteiger partial charge on any atom is -0.330 e. The number of nitrogens with two attached hydrogens (primary N) is 1. The molecule has 0 atom stereocenters. The van der Waals surface area contributed by atoms with E-state index < -0.39 is 0 Å². The van der Waals surface area contributed by atoms with Gasteiger partial charge in [-0.3, -0.25) is 4.79 Å². The van der Waals surface area contributed by atoms with Crippen LogP contribution < -0.4 is 11.3 Å². The number of hydrogen-bond donors (Lipinski definition) is 3. The molecule has 2 aromatic heterocycles. The second-order valence-electron chi connectivity index (χ2n) is 2.61. The van der Waals surface area contributed by atoms with Crippen LogP contribution in [0.1, 0.15) is 0 Å². The van der Waals surface area contributed by atoms with Crippen LogP contribution in [0.2, 0.25) is 0 Å². The molecule has 2 heterocycles. The molecule has 0 unspecified atom stereocenters. The zero-order valence-corrected chi connectivity index (χ0v) is 8.10. The summed E-state index contributed by atoms with van der Waals surface area (Å²) in [4.78, 5) is 24.7. The molecule has 0 spiro atoms. The number of imidazole rings is 1. The predicted molar refractivity (Wildman–Crippen MR) is 54.3 cm³/mol. The van der Waals surface area contributed by atoms with E-state index in [0.717, 1.165) is 5.75 Å². The number of hydrogen-bond acceptors (Lipinski definition) is 5. The van der Waals surface area contributed by atoms with Crippen molar-refractivity contribution in [2.75, 3.05) is 12.3 Å². The number of H-pyrrole nitrogens is 2. The summed E-state index contributed by atoms with van der Waals surface area (Å²) in [6, 6.07) is 0. The first-order valence-corrected chi connectivity index (χ1v) is 5.06. The van der Waals surface area contributed by atoms with Crippen LogP contribution in [0, 0.1) is 0 Å². The molecule has 0 bridgehead atoms. The maximum atomic E-state index is 11.3. The Kier molecular flexibility index (Phi) is 2.51. The predicted octanol–water partition coefficient (Wildman–Crippen LogP) is -0.303. The Morgan fingerprint density at radius 2 is 2.43 bits per heavy atom. The summed E-state index contributed by atoms with van der Waals surface area (Å²) < 4.78 is 0. The van der Waals surface area contributed by atoms with Gasteiger partial charge < -0.3 is 15.7 Å². The van der Waals surface area contributed by atoms with Crippen LogP contribution >= 0.6 is 11.8 Å². The fourth-order valence-electron chi connectivity index (χ4n) is 1.04. The third-order valence-corrected chi connectivity index (χ3v) is 2.54. The first-order chi connectivity index (χ1) is 6.81. The molecular formula is C7H9N5OS. The number of fused-ring (bicyclic) bond motifs is 1. The van der Waals surface area contributed by atoms with Crippen molar-refractivity contribution in [3.8, 4) is 0 Å². The fraction of sp³-hybridized carbons (Fsp3) is 0.286. The quantitative estimate of drug-likeness (QED) is 0.605. The Hall–Kier alpha value is -1.34. The van der Waals surface area contributed by atoms with Crippen LogP contribution in [0.3, 0.4) is 0 Å². The van der Waals surface area contributed by atoms with E-state index in [1.54, 1.807) is 0 Å². The van der Waals surface area contributed by atoms with Gasteiger partial charge in [0.1, 0.15) is 0 Å². The molecule has 0 radical (unpaired) electrons. The lowest BCUT2D eigenvalue weighted by Gasteiger charge is -1.90. The average molecular weight is 211 g/mol. The molecule has 0 aliphatic rings. The van der Waals surface area contributed by atoms with Gasteiger partial charge in [0.2, 0.25) is 0 Å². The smallest absolute Gasteiger partial charge is 0.276 e. The lowest BCUT2D eigenvalue weighted by Crippen LogP contribution is -2.05. The van der Waals surface area contributed by atoms with Gasteiger partial charge in [-0.25, -0.2) is 9.97 Å². The number of nitrogens with zero attached hydrogens (tertiary/aromatic N) is 2. The highest BCUT2D eigenvalue weighted by Crippen LogP contribution is 2.14. The third-order valence-electron chi connectivity index (χ3n) is 1.63. The number of thioether (sulfide) groups is 1. The van der Waals surface area contributed by atoms with Gasteiger partial charge in [-0.2, -0.15) is 0 Å². The Morgan fingerprint density at radius 1 is 1.57 bits per heavy atom. The van der Waals surface area contributed by atoms with E-state index in [9.17, 15) is 4.79 Å². The molecule has 0 saturated carbocycles. The van der Waals surface area contributed by atoms with Gasteiger partial charge >= 0.3 is 0 Å². The molecule has 0 aromatic carbocycles. The largest absolute Gasteiger partial charge is 0.330 e. The second-order valence-corrected chi connectivity index (χ2v) is 3.69. The van der Waals surface area contributed by atoms with E-state index in [4.69, 9.17) is 5.73 Å². The molecule has 4 N–H and O–H groups in total. The lowest BCUT2D eigenvalue weighted by atomic mass is 10.6. The fourth-order valence-corrected chi connectivity index (χ4v) is 1.68. The molecule has 0 aliphatic heterocycles. The van der Waals surface area contributed by atoms with E-state index in [2.05, 4.69) is 19.9 Å². The molecule has 0 fully saturated rings. The summed E-state index contributed by atoms with van der Waals surface area (Å²) in [6.45, 7) is 0.575. The van der Waals surface area contributed by atoms with Crippen molar-refractivity contribution < 1.29 is 0 Å². The van der Waals surface area contributed by atoms with Gasteiger partial charge in [-0.15, -0.1) is 0 Å². The summed E-state index contributed by atoms with van der Waals surface area (Å²) in [5.41, 5.74) is 6.00. The highest BCUT2D eigenvalue weighted by atomic mass is 32.2. The van der Waals surface area contributed by atoms with Crippen LogP contribution in [0.25, 0.3) is 11.2 Å². The summed E-state index contributed by atoms with van der Waals surface area (Å²) in [5.74, 6) is 0.762. The monoisotopic (exact) mass is 211 g/mol. The number of nitrogens with one attached hydrogen (secondary N) is 2. The van der Waals surface area contributed by atoms with Crippen LogP contribution in [0.4, 0.5) is 0 Å². The summed E-state index contributed by atoms with van der Waals surface area (Å²) in [5, 5.41) is 0.676. The maximum Gasteiger partial charge on any atom is 0.276 e. The first kappa shape index (κ1) is 9.22. The van der Waals surface area contributed by atoms with Crippen molar-refractivity contribution in [2.45, 2.75) is 5.16 Å². The number of aromatic amines is 2. The zero-order valence-electron chi connectivity index (χ0n) is 7.28. The van der Waals surface area contributed by atoms with Crippen molar-refractivity contribution in [3.05, 3.63) is 16.7 Å². The SMILES string of the molecule is NCCSc1nc2nc[nH]c(=O)c2[nH]1. The van der Waals surface area contributed by atoms with Gasteiger partial charge in [0.15, 0.2) is 16.3 Å². The average Bonchev–Trinajstić information content (AvgIpc) is 2.59. The van der Waals surface area contributed by atoms with Gasteiger partial charge in [-0.05, 0) is 0 Å². The zero-order chi connectivity index (χ0) is 9.97. The van der Waals surface area contributed by atoms with E-state index >= 15 is 0 Å². The molecule has 0 amide bonds. The van der Waals surface area contributed by atoms with Crippen molar-refractivity contribution in [1.29, 1.82) is 0 Å². The topological polar surface area (TPSA) is 100 Å². The van der Waals surface area contributed by atoms with E-state index in [1.807, 2.05) is 0 Å². The van der Waals surface area contributed by atoms with E-state index in [1.165, 1.54) is 18.1 Å². The summed E-state index contributed by atoms with van der Waals surface area (Å²) in [6.07, 6.45) is 1.34. The Balaban J connectivity index is 2.41. The van der Waals surface area contributed by atoms with Crippen molar-refractivity contribution >= 4 is 22.9 Å². The van der Waals surface area contributed by atoms with Gasteiger partial charge in [0.25, 0.3) is 5.56 Å². The van der Waals surface area contributed by atoms with E-state index in [-0.39, 0.29) is 5.56 Å². The molecule has 0 saturated heterocycles. The molecule has 0 aliphatic carbocycles. The Labute approximate surface area is 83.3 Å². The minimum atomic E-state index is -0.206. The van der Waals surface area contributed by atoms with Crippen LogP contribution in [-0.2, 0) is 0 Å². The highest BCUT2D eigenvalue weighted by Gasteiger charge is 2.06. The van der Waals surface area contributed by atoms with Gasteiger partial charge in [-0.1, -0.05) is 11.8 Å². The number of rotatable bonds is 3. The minimum absolute atomic E-state index is 0.206. The van der Waals surface area contributed by atoms with Crippen molar-refractivity contribution in [2.24, 2.45) is 5.73 Å². The van der Waals surface area contributed by atoms with Gasteiger partial charge in [0.05, 0.1) is 6.33 Å². The molecule has 7 heteroatoms. The third kappa shape index (κ3) is 1.64. The molecule has 2 rings (SSSR count). The van der Waals surface area contributed by atoms with Crippen molar-refractivity contribution in [1.82, 2.24) is 19.9 Å². The highest BCUT2D eigenvalue weighted by molar-refractivity contribution is 7.99. The second kappa shape index (κ2) is 3.81. The number of aromatic nitrogens is 4. The van der Waals surface area contributed by atoms with Crippen molar-refractivity contribution in [3.63, 3.8) is 0 Å². The maximum absolute atomic E-state index is 11.3. The van der Waals surface area contributed by atoms with E-state index in [0.29, 0.717) is 22.9 Å². The standard InChI is InChI=1S/C7H9N5OS/c8-1-2-14-7-11-4-5(12-7)9-3-10-6(4)13/h3H,1-2,8H2,(H2,9,10,11,12,13). The molecule has 6 nitrogen and oxygen atoms in total. The Bertz CT molecular complexity index is 490. The van der Waals surface area contributed by atoms with Crippen LogP contribution in [0.5, 0.6) is 0 Å². The first-order valence-electron chi connectivity index (χ1n) is 4.07. The van der Waals surface area contributed by atoms with Crippen LogP contribution in [-0.4, -0.2) is 32.2 Å².